The minimum absolute atomic E-state index is 0.151. The van der Waals surface area contributed by atoms with Crippen molar-refractivity contribution in [2.24, 2.45) is 0 Å². The molecule has 0 aliphatic heterocycles. The molecule has 0 saturated heterocycles. The second kappa shape index (κ2) is 6.21. The van der Waals surface area contributed by atoms with Gasteiger partial charge in [-0.25, -0.2) is 9.18 Å². The first-order chi connectivity index (χ1) is 10.0. The Kier molecular flexibility index (Phi) is 4.37. The van der Waals surface area contributed by atoms with Crippen molar-refractivity contribution in [2.45, 2.75) is 13.0 Å². The molecule has 0 spiro atoms. The van der Waals surface area contributed by atoms with Gasteiger partial charge in [0.05, 0.1) is 36.3 Å². The maximum absolute atomic E-state index is 12.9. The maximum Gasteiger partial charge on any atom is 0.335 e. The van der Waals surface area contributed by atoms with Gasteiger partial charge in [0.1, 0.15) is 11.6 Å². The first kappa shape index (κ1) is 14.8. The number of carbonyl (C=O) groups is 1. The number of halogens is 1. The highest BCUT2D eigenvalue weighted by Crippen LogP contribution is 2.29. The number of benzene rings is 1. The molecule has 2 rings (SSSR count). The minimum Gasteiger partial charge on any atom is -0.495 e. The van der Waals surface area contributed by atoms with Gasteiger partial charge >= 0.3 is 5.97 Å². The van der Waals surface area contributed by atoms with Crippen molar-refractivity contribution in [1.82, 2.24) is 4.98 Å². The lowest BCUT2D eigenvalue weighted by Crippen LogP contribution is -2.10. The van der Waals surface area contributed by atoms with Gasteiger partial charge < -0.3 is 15.2 Å². The van der Waals surface area contributed by atoms with Crippen molar-refractivity contribution >= 4 is 11.7 Å². The average molecular weight is 290 g/mol. The Hall–Kier alpha value is -2.63. The van der Waals surface area contributed by atoms with Gasteiger partial charge in [0.25, 0.3) is 0 Å². The number of carboxylic acid groups (broad SMARTS) is 1. The Bertz CT molecular complexity index is 644. The highest BCUT2D eigenvalue weighted by Gasteiger charge is 2.13. The Morgan fingerprint density at radius 2 is 2.14 bits per heavy atom. The molecule has 2 N–H and O–H groups in total. The molecule has 6 heteroatoms. The van der Waals surface area contributed by atoms with E-state index in [0.29, 0.717) is 17.1 Å². The van der Waals surface area contributed by atoms with Crippen LogP contribution in [0, 0.1) is 5.82 Å². The van der Waals surface area contributed by atoms with Crippen LogP contribution in [0.3, 0.4) is 0 Å². The third-order valence-electron chi connectivity index (χ3n) is 3.01. The molecule has 2 aromatic rings. The number of aromatic carboxylic acids is 1. The van der Waals surface area contributed by atoms with Crippen molar-refractivity contribution in [3.8, 4) is 5.75 Å². The summed E-state index contributed by atoms with van der Waals surface area (Å²) in [5.41, 5.74) is 1.33. The maximum atomic E-state index is 12.9. The number of hydrogen-bond donors (Lipinski definition) is 2. The van der Waals surface area contributed by atoms with Gasteiger partial charge in [-0.3, -0.25) is 4.98 Å². The van der Waals surface area contributed by atoms with Crippen LogP contribution in [0.4, 0.5) is 10.1 Å². The van der Waals surface area contributed by atoms with E-state index in [0.717, 1.165) is 6.20 Å². The molecule has 0 radical (unpaired) electrons. The summed E-state index contributed by atoms with van der Waals surface area (Å²) in [6, 6.07) is 7.19. The van der Waals surface area contributed by atoms with E-state index in [1.165, 1.54) is 25.3 Å². The summed E-state index contributed by atoms with van der Waals surface area (Å²) >= 11 is 0. The summed E-state index contributed by atoms with van der Waals surface area (Å²) in [5.74, 6) is -0.904. The number of nitrogens with one attached hydrogen (secondary N) is 1. The van der Waals surface area contributed by atoms with E-state index in [1.807, 2.05) is 6.92 Å². The summed E-state index contributed by atoms with van der Waals surface area (Å²) in [5, 5.41) is 12.2. The van der Waals surface area contributed by atoms with E-state index < -0.39 is 11.8 Å². The molecular weight excluding hydrogens is 275 g/mol. The molecule has 110 valence electrons. The van der Waals surface area contributed by atoms with E-state index in [9.17, 15) is 9.18 Å². The summed E-state index contributed by atoms with van der Waals surface area (Å²) in [6.45, 7) is 1.84. The summed E-state index contributed by atoms with van der Waals surface area (Å²) < 4.78 is 18.1. The Balaban J connectivity index is 2.26. The van der Waals surface area contributed by atoms with E-state index in [4.69, 9.17) is 9.84 Å². The molecule has 0 amide bonds. The molecule has 1 unspecified atom stereocenters. The number of aromatic nitrogens is 1. The molecule has 0 saturated carbocycles. The Labute approximate surface area is 121 Å². The van der Waals surface area contributed by atoms with Gasteiger partial charge in [0.2, 0.25) is 0 Å². The summed E-state index contributed by atoms with van der Waals surface area (Å²) in [4.78, 5) is 15.0. The van der Waals surface area contributed by atoms with Crippen molar-refractivity contribution in [3.63, 3.8) is 0 Å². The summed E-state index contributed by atoms with van der Waals surface area (Å²) in [6.07, 6.45) is 1.14. The van der Waals surface area contributed by atoms with E-state index in [-0.39, 0.29) is 11.6 Å². The Morgan fingerprint density at radius 3 is 2.71 bits per heavy atom. The molecule has 0 aliphatic rings. The first-order valence-electron chi connectivity index (χ1n) is 6.30. The minimum atomic E-state index is -1.02. The van der Waals surface area contributed by atoms with E-state index in [2.05, 4.69) is 10.3 Å². The van der Waals surface area contributed by atoms with Gasteiger partial charge in [0, 0.05) is 0 Å². The zero-order chi connectivity index (χ0) is 15.4. The predicted molar refractivity (Wildman–Crippen MR) is 76.2 cm³/mol. The van der Waals surface area contributed by atoms with Gasteiger partial charge in [-0.2, -0.15) is 0 Å². The van der Waals surface area contributed by atoms with Crippen molar-refractivity contribution in [2.75, 3.05) is 12.4 Å². The van der Waals surface area contributed by atoms with E-state index >= 15 is 0 Å². The van der Waals surface area contributed by atoms with Crippen LogP contribution >= 0.6 is 0 Å². The van der Waals surface area contributed by atoms with Crippen LogP contribution in [0.2, 0.25) is 0 Å². The second-order valence-electron chi connectivity index (χ2n) is 4.49. The molecule has 21 heavy (non-hydrogen) atoms. The molecule has 0 aliphatic carbocycles. The van der Waals surface area contributed by atoms with Crippen molar-refractivity contribution in [1.29, 1.82) is 0 Å². The van der Waals surface area contributed by atoms with Crippen LogP contribution < -0.4 is 10.1 Å². The lowest BCUT2D eigenvalue weighted by Gasteiger charge is -2.17. The summed E-state index contributed by atoms with van der Waals surface area (Å²) in [7, 11) is 1.50. The molecule has 0 bridgehead atoms. The number of hydrogen-bond acceptors (Lipinski definition) is 4. The lowest BCUT2D eigenvalue weighted by molar-refractivity contribution is 0.0697. The SMILES string of the molecule is COc1ccc(C(=O)O)cc1NC(C)c1ccc(F)cn1. The highest BCUT2D eigenvalue weighted by atomic mass is 19.1. The van der Waals surface area contributed by atoms with Crippen molar-refractivity contribution in [3.05, 3.63) is 53.6 Å². The van der Waals surface area contributed by atoms with Crippen LogP contribution in [0.5, 0.6) is 5.75 Å². The third kappa shape index (κ3) is 3.47. The van der Waals surface area contributed by atoms with Crippen LogP contribution in [0.15, 0.2) is 36.5 Å². The second-order valence-corrected chi connectivity index (χ2v) is 4.49. The van der Waals surface area contributed by atoms with Crippen LogP contribution in [-0.2, 0) is 0 Å². The fraction of sp³-hybridized carbons (Fsp3) is 0.200. The number of methoxy groups -OCH3 is 1. The zero-order valence-corrected chi connectivity index (χ0v) is 11.6. The van der Waals surface area contributed by atoms with E-state index in [1.54, 1.807) is 12.1 Å². The Morgan fingerprint density at radius 1 is 1.38 bits per heavy atom. The topological polar surface area (TPSA) is 71.5 Å². The fourth-order valence-electron chi connectivity index (χ4n) is 1.90. The lowest BCUT2D eigenvalue weighted by atomic mass is 10.1. The average Bonchev–Trinajstić information content (AvgIpc) is 2.47. The van der Waals surface area contributed by atoms with Gasteiger partial charge in [-0.15, -0.1) is 0 Å². The van der Waals surface area contributed by atoms with Gasteiger partial charge in [-0.05, 0) is 37.3 Å². The first-order valence-corrected chi connectivity index (χ1v) is 6.30. The predicted octanol–water partition coefficient (Wildman–Crippen LogP) is 3.10. The molecule has 1 heterocycles. The number of nitrogens with zero attached hydrogens (tertiary/aromatic N) is 1. The van der Waals surface area contributed by atoms with Crippen LogP contribution in [-0.4, -0.2) is 23.2 Å². The van der Waals surface area contributed by atoms with Crippen LogP contribution in [0.25, 0.3) is 0 Å². The number of carboxylic acids is 1. The molecule has 5 nitrogen and oxygen atoms in total. The van der Waals surface area contributed by atoms with Gasteiger partial charge in [-0.1, -0.05) is 0 Å². The monoisotopic (exact) mass is 290 g/mol. The largest absolute Gasteiger partial charge is 0.495 e. The quantitative estimate of drug-likeness (QED) is 0.885. The van der Waals surface area contributed by atoms with Crippen molar-refractivity contribution < 1.29 is 19.0 Å². The number of anilines is 1. The third-order valence-corrected chi connectivity index (χ3v) is 3.01. The fourth-order valence-corrected chi connectivity index (χ4v) is 1.90. The molecule has 1 atom stereocenters. The molecule has 0 fully saturated rings. The number of pyridine rings is 1. The molecular formula is C15H15FN2O3. The standard InChI is InChI=1S/C15H15FN2O3/c1-9(12-5-4-11(16)8-17-12)18-13-7-10(15(19)20)3-6-14(13)21-2/h3-9,18H,1-2H3,(H,19,20). The zero-order valence-electron chi connectivity index (χ0n) is 11.6. The molecule has 1 aromatic heterocycles. The smallest absolute Gasteiger partial charge is 0.335 e. The number of ether oxygens (including phenoxy) is 1. The molecule has 1 aromatic carbocycles. The normalized spacial score (nSPS) is 11.8. The van der Waals surface area contributed by atoms with Gasteiger partial charge in [0.15, 0.2) is 0 Å². The highest BCUT2D eigenvalue weighted by molar-refractivity contribution is 5.89. The van der Waals surface area contributed by atoms with Crippen LogP contribution in [0.1, 0.15) is 29.0 Å². The number of rotatable bonds is 5.